The van der Waals surface area contributed by atoms with Gasteiger partial charge in [-0.25, -0.2) is 0 Å². The number of thiophene rings is 1. The monoisotopic (exact) mass is 301 g/mol. The van der Waals surface area contributed by atoms with Gasteiger partial charge in [0.05, 0.1) is 9.35 Å². The Bertz CT molecular complexity index is 399. The molecule has 88 valence electrons. The molecule has 0 bridgehead atoms. The summed E-state index contributed by atoms with van der Waals surface area (Å²) in [6.07, 6.45) is 3.51. The van der Waals surface area contributed by atoms with Crippen LogP contribution in [0.2, 0.25) is 0 Å². The SMILES string of the molecule is CC1(C)CCCC1NC(=O)c1csc(Br)c1. The molecule has 0 aromatic carbocycles. The molecule has 1 unspecified atom stereocenters. The zero-order valence-corrected chi connectivity index (χ0v) is 12.0. The lowest BCUT2D eigenvalue weighted by molar-refractivity contribution is 0.0910. The van der Waals surface area contributed by atoms with E-state index in [4.69, 9.17) is 0 Å². The van der Waals surface area contributed by atoms with Crippen molar-refractivity contribution < 1.29 is 4.79 Å². The number of rotatable bonds is 2. The Morgan fingerprint density at radius 3 is 2.88 bits per heavy atom. The Balaban J connectivity index is 2.03. The van der Waals surface area contributed by atoms with Crippen LogP contribution < -0.4 is 5.32 Å². The van der Waals surface area contributed by atoms with Crippen LogP contribution in [0.3, 0.4) is 0 Å². The molecule has 1 saturated carbocycles. The fourth-order valence-electron chi connectivity index (χ4n) is 2.27. The van der Waals surface area contributed by atoms with E-state index in [0.717, 1.165) is 15.8 Å². The van der Waals surface area contributed by atoms with Crippen molar-refractivity contribution in [2.24, 2.45) is 5.41 Å². The topological polar surface area (TPSA) is 29.1 Å². The molecule has 0 radical (unpaired) electrons. The summed E-state index contributed by atoms with van der Waals surface area (Å²) >= 11 is 4.92. The average molecular weight is 302 g/mol. The van der Waals surface area contributed by atoms with Crippen molar-refractivity contribution in [1.29, 1.82) is 0 Å². The van der Waals surface area contributed by atoms with E-state index in [1.807, 2.05) is 11.4 Å². The maximum absolute atomic E-state index is 12.0. The van der Waals surface area contributed by atoms with E-state index in [-0.39, 0.29) is 11.3 Å². The maximum Gasteiger partial charge on any atom is 0.252 e. The van der Waals surface area contributed by atoms with Gasteiger partial charge in [-0.3, -0.25) is 4.79 Å². The van der Waals surface area contributed by atoms with Gasteiger partial charge in [-0.15, -0.1) is 11.3 Å². The molecule has 1 N–H and O–H groups in total. The molecule has 1 aromatic rings. The van der Waals surface area contributed by atoms with Crippen molar-refractivity contribution in [2.75, 3.05) is 0 Å². The van der Waals surface area contributed by atoms with E-state index >= 15 is 0 Å². The highest BCUT2D eigenvalue weighted by molar-refractivity contribution is 9.11. The number of carbonyl (C=O) groups is 1. The summed E-state index contributed by atoms with van der Waals surface area (Å²) in [6.45, 7) is 4.46. The molecule has 1 amide bonds. The minimum absolute atomic E-state index is 0.0573. The first-order chi connectivity index (χ1) is 7.49. The van der Waals surface area contributed by atoms with Gasteiger partial charge in [0.15, 0.2) is 0 Å². The van der Waals surface area contributed by atoms with E-state index in [1.54, 1.807) is 11.3 Å². The van der Waals surface area contributed by atoms with Crippen LogP contribution in [0.5, 0.6) is 0 Å². The summed E-state index contributed by atoms with van der Waals surface area (Å²) in [6, 6.07) is 2.20. The minimum Gasteiger partial charge on any atom is -0.349 e. The Morgan fingerprint density at radius 2 is 2.38 bits per heavy atom. The van der Waals surface area contributed by atoms with E-state index in [9.17, 15) is 4.79 Å². The lowest BCUT2D eigenvalue weighted by Gasteiger charge is -2.27. The van der Waals surface area contributed by atoms with Crippen molar-refractivity contribution in [3.63, 3.8) is 0 Å². The van der Waals surface area contributed by atoms with Crippen LogP contribution in [0.15, 0.2) is 15.2 Å². The first-order valence-electron chi connectivity index (χ1n) is 5.54. The van der Waals surface area contributed by atoms with Gasteiger partial charge in [-0.05, 0) is 40.3 Å². The third-order valence-corrected chi connectivity index (χ3v) is 4.90. The zero-order chi connectivity index (χ0) is 11.8. The number of halogens is 1. The van der Waals surface area contributed by atoms with Crippen LogP contribution in [0, 0.1) is 5.41 Å². The zero-order valence-electron chi connectivity index (χ0n) is 9.55. The highest BCUT2D eigenvalue weighted by Crippen LogP contribution is 2.37. The molecule has 0 saturated heterocycles. The number of hydrogen-bond donors (Lipinski definition) is 1. The lowest BCUT2D eigenvalue weighted by atomic mass is 9.87. The van der Waals surface area contributed by atoms with Gasteiger partial charge < -0.3 is 5.32 Å². The number of nitrogens with one attached hydrogen (secondary N) is 1. The van der Waals surface area contributed by atoms with Crippen LogP contribution in [-0.2, 0) is 0 Å². The molecule has 0 aliphatic heterocycles. The highest BCUT2D eigenvalue weighted by Gasteiger charge is 2.35. The molecule has 1 fully saturated rings. The second-order valence-electron chi connectivity index (χ2n) is 5.05. The van der Waals surface area contributed by atoms with Crippen molar-refractivity contribution in [3.05, 3.63) is 20.8 Å². The van der Waals surface area contributed by atoms with Crippen LogP contribution in [-0.4, -0.2) is 11.9 Å². The molecule has 1 aliphatic rings. The van der Waals surface area contributed by atoms with E-state index < -0.39 is 0 Å². The third kappa shape index (κ3) is 2.48. The minimum atomic E-state index is 0.0573. The molecular formula is C12H16BrNOS. The molecule has 0 spiro atoms. The maximum atomic E-state index is 12.0. The van der Waals surface area contributed by atoms with E-state index in [2.05, 4.69) is 35.1 Å². The number of carbonyl (C=O) groups excluding carboxylic acids is 1. The van der Waals surface area contributed by atoms with Gasteiger partial charge in [0.25, 0.3) is 5.91 Å². The second-order valence-corrected chi connectivity index (χ2v) is 7.34. The first kappa shape index (κ1) is 12.1. The van der Waals surface area contributed by atoms with Crippen LogP contribution in [0.1, 0.15) is 43.5 Å². The number of amides is 1. The quantitative estimate of drug-likeness (QED) is 0.884. The lowest BCUT2D eigenvalue weighted by Crippen LogP contribution is -2.41. The molecule has 1 heterocycles. The van der Waals surface area contributed by atoms with Gasteiger partial charge in [-0.1, -0.05) is 20.3 Å². The summed E-state index contributed by atoms with van der Waals surface area (Å²) in [5, 5.41) is 5.04. The molecule has 16 heavy (non-hydrogen) atoms. The van der Waals surface area contributed by atoms with Crippen LogP contribution in [0.4, 0.5) is 0 Å². The van der Waals surface area contributed by atoms with Crippen molar-refractivity contribution in [1.82, 2.24) is 5.32 Å². The third-order valence-electron chi connectivity index (χ3n) is 3.39. The summed E-state index contributed by atoms with van der Waals surface area (Å²) in [5.41, 5.74) is 1.00. The van der Waals surface area contributed by atoms with Crippen molar-refractivity contribution >= 4 is 33.2 Å². The molecule has 2 rings (SSSR count). The smallest absolute Gasteiger partial charge is 0.252 e. The fourth-order valence-corrected chi connectivity index (χ4v) is 3.40. The standard InChI is InChI=1S/C12H16BrNOS/c1-12(2)5-3-4-9(12)14-11(15)8-6-10(13)16-7-8/h6-7,9H,3-5H2,1-2H3,(H,14,15). The normalized spacial score (nSPS) is 23.3. The second kappa shape index (κ2) is 4.49. The Kier molecular flexibility index (Phi) is 3.40. The van der Waals surface area contributed by atoms with Crippen LogP contribution in [0.25, 0.3) is 0 Å². The molecule has 1 aliphatic carbocycles. The molecule has 2 nitrogen and oxygen atoms in total. The van der Waals surface area contributed by atoms with Gasteiger partial charge in [-0.2, -0.15) is 0 Å². The molecular weight excluding hydrogens is 286 g/mol. The number of hydrogen-bond acceptors (Lipinski definition) is 2. The highest BCUT2D eigenvalue weighted by atomic mass is 79.9. The molecule has 1 aromatic heterocycles. The Hall–Kier alpha value is -0.350. The van der Waals surface area contributed by atoms with E-state index in [1.165, 1.54) is 12.8 Å². The van der Waals surface area contributed by atoms with Crippen LogP contribution >= 0.6 is 27.3 Å². The molecule has 4 heteroatoms. The summed E-state index contributed by atoms with van der Waals surface area (Å²) in [7, 11) is 0. The summed E-state index contributed by atoms with van der Waals surface area (Å²) < 4.78 is 1.00. The van der Waals surface area contributed by atoms with Crippen molar-refractivity contribution in [3.8, 4) is 0 Å². The summed E-state index contributed by atoms with van der Waals surface area (Å²) in [4.78, 5) is 12.0. The Labute approximate surface area is 109 Å². The van der Waals surface area contributed by atoms with Gasteiger partial charge in [0, 0.05) is 11.4 Å². The molecule has 1 atom stereocenters. The first-order valence-corrected chi connectivity index (χ1v) is 7.21. The Morgan fingerprint density at radius 1 is 1.62 bits per heavy atom. The van der Waals surface area contributed by atoms with Crippen molar-refractivity contribution in [2.45, 2.75) is 39.2 Å². The van der Waals surface area contributed by atoms with Gasteiger partial charge in [0.1, 0.15) is 0 Å². The predicted octanol–water partition coefficient (Wildman–Crippen LogP) is 3.82. The largest absolute Gasteiger partial charge is 0.349 e. The van der Waals surface area contributed by atoms with E-state index in [0.29, 0.717) is 6.04 Å². The predicted molar refractivity (Wildman–Crippen MR) is 70.9 cm³/mol. The average Bonchev–Trinajstić information content (AvgIpc) is 2.74. The van der Waals surface area contributed by atoms with Gasteiger partial charge in [0.2, 0.25) is 0 Å². The fraction of sp³-hybridized carbons (Fsp3) is 0.583. The summed E-state index contributed by atoms with van der Waals surface area (Å²) in [5.74, 6) is 0.0573. The van der Waals surface area contributed by atoms with Gasteiger partial charge >= 0.3 is 0 Å².